The van der Waals surface area contributed by atoms with Crippen molar-refractivity contribution >= 4 is 102 Å². The van der Waals surface area contributed by atoms with Crippen LogP contribution in [0.3, 0.4) is 0 Å². The van der Waals surface area contributed by atoms with Crippen LogP contribution in [0.4, 0.5) is 17.1 Å². The Morgan fingerprint density at radius 3 is 2.33 bits per heavy atom. The zero-order chi connectivity index (χ0) is 29.2. The minimum absolute atomic E-state index is 0.904. The Bertz CT molecular complexity index is 2740. The predicted octanol–water partition coefficient (Wildman–Crippen LogP) is 9.94. The van der Waals surface area contributed by atoms with Crippen LogP contribution in [0.2, 0.25) is 0 Å². The van der Waals surface area contributed by atoms with Gasteiger partial charge in [-0.2, -0.15) is 0 Å². The molecule has 1 N–H and O–H groups in total. The van der Waals surface area contributed by atoms with Crippen LogP contribution in [0.15, 0.2) is 142 Å². The molecule has 2 aliphatic heterocycles. The summed E-state index contributed by atoms with van der Waals surface area (Å²) in [6.07, 6.45) is 0. The van der Waals surface area contributed by atoms with Gasteiger partial charge in [-0.3, -0.25) is 0 Å². The highest BCUT2D eigenvalue weighted by molar-refractivity contribution is 7.99. The first kappa shape index (κ1) is 24.0. The number of nitrogens with zero attached hydrogens (tertiary/aromatic N) is 1. The summed E-state index contributed by atoms with van der Waals surface area (Å²) >= 11 is 1.84. The number of anilines is 3. The molecule has 1 radical (unpaired) electrons. The van der Waals surface area contributed by atoms with Crippen molar-refractivity contribution in [1.29, 1.82) is 0 Å². The van der Waals surface area contributed by atoms with Crippen LogP contribution in [0.1, 0.15) is 0 Å². The third-order valence-corrected chi connectivity index (χ3v) is 10.7. The Morgan fingerprint density at radius 1 is 0.578 bits per heavy atom. The van der Waals surface area contributed by atoms with Gasteiger partial charge in [0.05, 0.1) is 28.1 Å². The molecule has 45 heavy (non-hydrogen) atoms. The topological polar surface area (TPSA) is 32.2 Å². The second kappa shape index (κ2) is 8.62. The molecule has 0 spiro atoms. The van der Waals surface area contributed by atoms with Crippen molar-refractivity contribution in [3.05, 3.63) is 127 Å². The van der Waals surface area contributed by atoms with Crippen molar-refractivity contribution < 1.29 is 4.42 Å². The normalized spacial score (nSPS) is 13.4. The molecule has 3 nitrogen and oxygen atoms in total. The Labute approximate surface area is 263 Å². The van der Waals surface area contributed by atoms with Gasteiger partial charge in [0.1, 0.15) is 5.58 Å². The Hall–Kier alpha value is -5.39. The first-order chi connectivity index (χ1) is 22.3. The maximum absolute atomic E-state index is 6.78. The fourth-order valence-corrected chi connectivity index (χ4v) is 8.77. The molecule has 0 fully saturated rings. The summed E-state index contributed by atoms with van der Waals surface area (Å²) in [4.78, 5) is 8.86. The summed E-state index contributed by atoms with van der Waals surface area (Å²) in [5.41, 5.74) is 12.4. The smallest absolute Gasteiger partial charge is 0.198 e. The van der Waals surface area contributed by atoms with Gasteiger partial charge in [-0.15, -0.1) is 0 Å². The number of benzene rings is 7. The third kappa shape index (κ3) is 3.13. The number of H-pyrrole nitrogens is 1. The van der Waals surface area contributed by atoms with Gasteiger partial charge in [0.25, 0.3) is 0 Å². The molecular weight excluding hydrogens is 567 g/mol. The van der Waals surface area contributed by atoms with Crippen molar-refractivity contribution in [1.82, 2.24) is 4.98 Å². The van der Waals surface area contributed by atoms with E-state index in [9.17, 15) is 0 Å². The zero-order valence-electron chi connectivity index (χ0n) is 24.0. The van der Waals surface area contributed by atoms with Crippen LogP contribution in [-0.2, 0) is 0 Å². The van der Waals surface area contributed by atoms with E-state index in [1.165, 1.54) is 70.3 Å². The highest BCUT2D eigenvalue weighted by atomic mass is 32.2. The lowest BCUT2D eigenvalue weighted by Gasteiger charge is -2.39. The number of para-hydroxylation sites is 4. The van der Waals surface area contributed by atoms with E-state index >= 15 is 0 Å². The van der Waals surface area contributed by atoms with E-state index in [1.54, 1.807) is 0 Å². The SMILES string of the molecule is [B]1c2cccc3c2N(c2ccccc2S3)c2c1c(-c1cccc3c1[nH]c1c4ccccc4ccc31)cc1c2oc2ccccc21. The van der Waals surface area contributed by atoms with E-state index in [1.807, 2.05) is 11.8 Å². The number of hydrogen-bond donors (Lipinski definition) is 1. The van der Waals surface area contributed by atoms with Crippen molar-refractivity contribution in [3.8, 4) is 11.1 Å². The van der Waals surface area contributed by atoms with E-state index in [0.29, 0.717) is 0 Å². The van der Waals surface area contributed by atoms with Gasteiger partial charge in [-0.25, -0.2) is 0 Å². The van der Waals surface area contributed by atoms with Gasteiger partial charge in [0.2, 0.25) is 0 Å². The molecule has 0 aliphatic carbocycles. The molecule has 0 unspecified atom stereocenters. The maximum atomic E-state index is 6.78. The molecule has 9 aromatic rings. The monoisotopic (exact) mass is 589 g/mol. The van der Waals surface area contributed by atoms with E-state index in [2.05, 4.69) is 145 Å². The van der Waals surface area contributed by atoms with Gasteiger partial charge >= 0.3 is 0 Å². The number of nitrogens with one attached hydrogen (secondary N) is 1. The number of aromatic nitrogens is 1. The predicted molar refractivity (Wildman–Crippen MR) is 190 cm³/mol. The van der Waals surface area contributed by atoms with E-state index in [0.717, 1.165) is 33.1 Å². The molecule has 2 aromatic heterocycles. The third-order valence-electron chi connectivity index (χ3n) is 9.61. The molecule has 2 aliphatic rings. The minimum atomic E-state index is 0.904. The average Bonchev–Trinajstić information content (AvgIpc) is 3.67. The van der Waals surface area contributed by atoms with Gasteiger partial charge < -0.3 is 14.3 Å². The number of furan rings is 1. The molecular formula is C40H22BN2OS. The lowest BCUT2D eigenvalue weighted by Crippen LogP contribution is -2.42. The molecule has 0 bridgehead atoms. The molecule has 7 aromatic carbocycles. The van der Waals surface area contributed by atoms with Gasteiger partial charge in [-0.05, 0) is 46.7 Å². The first-order valence-corrected chi connectivity index (χ1v) is 16.1. The first-order valence-electron chi connectivity index (χ1n) is 15.3. The van der Waals surface area contributed by atoms with Crippen LogP contribution in [0.5, 0.6) is 0 Å². The summed E-state index contributed by atoms with van der Waals surface area (Å²) in [5, 5.41) is 7.22. The summed E-state index contributed by atoms with van der Waals surface area (Å²) in [6.45, 7) is 0. The molecule has 0 saturated carbocycles. The maximum Gasteiger partial charge on any atom is 0.198 e. The highest BCUT2D eigenvalue weighted by Crippen LogP contribution is 2.54. The molecule has 5 heteroatoms. The standard InChI is InChI=1S/C40H22BN2OS/c1-2-10-23-22(9-1)19-20-27-25-12-7-13-26(37(25)42-36(23)27)28-21-29-24-11-3-5-16-32(24)44-40(29)39-35(28)41-30-14-8-18-34-38(30)43(39)31-15-4-6-17-33(31)45-34/h1-21,42H. The molecule has 0 atom stereocenters. The summed E-state index contributed by atoms with van der Waals surface area (Å²) in [6, 6.07) is 46.0. The Kier molecular flexibility index (Phi) is 4.60. The van der Waals surface area contributed by atoms with Crippen molar-refractivity contribution in [3.63, 3.8) is 0 Å². The quantitative estimate of drug-likeness (QED) is 0.194. The number of fused-ring (bicyclic) bond motifs is 13. The van der Waals surface area contributed by atoms with Crippen LogP contribution < -0.4 is 15.8 Å². The highest BCUT2D eigenvalue weighted by Gasteiger charge is 2.36. The number of rotatable bonds is 1. The van der Waals surface area contributed by atoms with Crippen LogP contribution in [0.25, 0.3) is 65.6 Å². The van der Waals surface area contributed by atoms with Crippen LogP contribution in [0, 0.1) is 0 Å². The minimum Gasteiger partial charge on any atom is -0.454 e. The lowest BCUT2D eigenvalue weighted by molar-refractivity contribution is 0.669. The van der Waals surface area contributed by atoms with Crippen LogP contribution in [-0.4, -0.2) is 12.3 Å². The van der Waals surface area contributed by atoms with Crippen molar-refractivity contribution in [2.75, 3.05) is 4.90 Å². The fourth-order valence-electron chi connectivity index (χ4n) is 7.67. The lowest BCUT2D eigenvalue weighted by atomic mass is 9.58. The fraction of sp³-hybridized carbons (Fsp3) is 0. The van der Waals surface area contributed by atoms with Gasteiger partial charge in [-0.1, -0.05) is 114 Å². The summed E-state index contributed by atoms with van der Waals surface area (Å²) in [5.74, 6) is 0. The number of hydrogen-bond acceptors (Lipinski definition) is 3. The van der Waals surface area contributed by atoms with Crippen molar-refractivity contribution in [2.24, 2.45) is 0 Å². The molecule has 0 saturated heterocycles. The second-order valence-electron chi connectivity index (χ2n) is 12.0. The summed E-state index contributed by atoms with van der Waals surface area (Å²) < 4.78 is 6.78. The van der Waals surface area contributed by atoms with E-state index < -0.39 is 0 Å². The zero-order valence-corrected chi connectivity index (χ0v) is 24.8. The number of aromatic amines is 1. The Balaban J connectivity index is 1.30. The Morgan fingerprint density at radius 2 is 1.36 bits per heavy atom. The van der Waals surface area contributed by atoms with Crippen molar-refractivity contribution in [2.45, 2.75) is 9.79 Å². The molecule has 4 heterocycles. The average molecular weight is 590 g/mol. The largest absolute Gasteiger partial charge is 0.454 e. The molecule has 11 rings (SSSR count). The van der Waals surface area contributed by atoms with E-state index in [-0.39, 0.29) is 0 Å². The van der Waals surface area contributed by atoms with Crippen LogP contribution >= 0.6 is 11.8 Å². The molecule has 0 amide bonds. The molecule has 207 valence electrons. The second-order valence-corrected chi connectivity index (χ2v) is 13.1. The van der Waals surface area contributed by atoms with Gasteiger partial charge in [0.15, 0.2) is 12.9 Å². The summed E-state index contributed by atoms with van der Waals surface area (Å²) in [7, 11) is 2.37. The van der Waals surface area contributed by atoms with Gasteiger partial charge in [0, 0.05) is 42.3 Å². The van der Waals surface area contributed by atoms with E-state index in [4.69, 9.17) is 4.42 Å².